The first-order valence-corrected chi connectivity index (χ1v) is 13.9. The molecule has 1 aliphatic rings. The van der Waals surface area contributed by atoms with Gasteiger partial charge in [0.25, 0.3) is 0 Å². The summed E-state index contributed by atoms with van der Waals surface area (Å²) >= 11 is 1.23. The molecule has 9 nitrogen and oxygen atoms in total. The highest BCUT2D eigenvalue weighted by Gasteiger charge is 2.33. The van der Waals surface area contributed by atoms with Gasteiger partial charge in [0.15, 0.2) is 5.17 Å². The standard InChI is InChI=1S/C29H28F3N5O4S/c1-3-20-6-4-5-18(2)25(20)37-24(38)17-42-28(37)36-26(39)33-16-15-19-7-9-21(10-8-19)34-27(40)35-22-11-13-23(14-12-22)41-29(30,31)32/h4-14H,3,15-17H2,1-2H3,(H,33,39)(H2,34,35,40)/b36-28-. The number of hydrogen-bond donors (Lipinski definition) is 3. The first-order chi connectivity index (χ1) is 20.0. The predicted molar refractivity (Wildman–Crippen MR) is 157 cm³/mol. The third-order valence-corrected chi connectivity index (χ3v) is 7.06. The zero-order valence-corrected chi connectivity index (χ0v) is 23.6. The molecular weight excluding hydrogens is 571 g/mol. The van der Waals surface area contributed by atoms with Gasteiger partial charge in [0.05, 0.1) is 11.4 Å². The number of amides is 5. The van der Waals surface area contributed by atoms with Crippen molar-refractivity contribution in [3.05, 3.63) is 83.4 Å². The maximum absolute atomic E-state index is 12.6. The van der Waals surface area contributed by atoms with Crippen LogP contribution in [0.1, 0.15) is 23.6 Å². The highest BCUT2D eigenvalue weighted by atomic mass is 32.2. The number of para-hydroxylation sites is 1. The van der Waals surface area contributed by atoms with Crippen LogP contribution in [0.4, 0.5) is 39.8 Å². The van der Waals surface area contributed by atoms with Gasteiger partial charge in [0.2, 0.25) is 5.91 Å². The summed E-state index contributed by atoms with van der Waals surface area (Å²) in [5, 5.41) is 8.26. The number of alkyl halides is 3. The van der Waals surface area contributed by atoms with Crippen molar-refractivity contribution in [3.8, 4) is 5.75 Å². The number of thioether (sulfide) groups is 1. The summed E-state index contributed by atoms with van der Waals surface area (Å²) in [6.45, 7) is 4.24. The second kappa shape index (κ2) is 13.4. The molecule has 3 aromatic rings. The van der Waals surface area contributed by atoms with Gasteiger partial charge in [-0.15, -0.1) is 13.2 Å². The molecule has 220 valence electrons. The minimum absolute atomic E-state index is 0.119. The van der Waals surface area contributed by atoms with E-state index in [2.05, 4.69) is 25.7 Å². The second-order valence-corrected chi connectivity index (χ2v) is 10.1. The normalized spacial score (nSPS) is 14.2. The SMILES string of the molecule is CCc1cccc(C)c1N1C(=O)CS/C1=N\C(=O)NCCc1ccc(NC(=O)Nc2ccc(OC(F)(F)F)cc2)cc1. The lowest BCUT2D eigenvalue weighted by atomic mass is 10.0. The molecule has 3 aromatic carbocycles. The molecule has 1 fully saturated rings. The number of nitrogens with zero attached hydrogens (tertiary/aromatic N) is 2. The van der Waals surface area contributed by atoms with Gasteiger partial charge in [-0.1, -0.05) is 49.0 Å². The van der Waals surface area contributed by atoms with E-state index in [9.17, 15) is 27.6 Å². The number of carbonyl (C=O) groups excluding carboxylic acids is 3. The topological polar surface area (TPSA) is 112 Å². The number of aryl methyl sites for hydroxylation is 2. The summed E-state index contributed by atoms with van der Waals surface area (Å²) in [5.74, 6) is -0.299. The number of carbonyl (C=O) groups is 3. The Kier molecular flexibility index (Phi) is 9.73. The lowest BCUT2D eigenvalue weighted by Crippen LogP contribution is -2.33. The van der Waals surface area contributed by atoms with Crippen LogP contribution < -0.4 is 25.6 Å². The van der Waals surface area contributed by atoms with Crippen molar-refractivity contribution < 1.29 is 32.3 Å². The summed E-state index contributed by atoms with van der Waals surface area (Å²) < 4.78 is 40.6. The smallest absolute Gasteiger partial charge is 0.406 e. The van der Waals surface area contributed by atoms with Crippen LogP contribution in [0.5, 0.6) is 5.75 Å². The van der Waals surface area contributed by atoms with E-state index in [4.69, 9.17) is 0 Å². The fraction of sp³-hybridized carbons (Fsp3) is 0.241. The molecule has 0 aliphatic carbocycles. The molecule has 0 aromatic heterocycles. The zero-order valence-electron chi connectivity index (χ0n) is 22.7. The van der Waals surface area contributed by atoms with Gasteiger partial charge in [-0.2, -0.15) is 4.99 Å². The van der Waals surface area contributed by atoms with Crippen LogP contribution in [-0.2, 0) is 17.6 Å². The van der Waals surface area contributed by atoms with E-state index in [-0.39, 0.29) is 17.3 Å². The van der Waals surface area contributed by atoms with E-state index in [1.807, 2.05) is 32.0 Å². The molecule has 5 amide bonds. The van der Waals surface area contributed by atoms with E-state index in [1.165, 1.54) is 28.8 Å². The van der Waals surface area contributed by atoms with Crippen molar-refractivity contribution in [2.75, 3.05) is 27.8 Å². The maximum atomic E-state index is 12.6. The van der Waals surface area contributed by atoms with E-state index in [1.54, 1.807) is 24.3 Å². The van der Waals surface area contributed by atoms with Crippen molar-refractivity contribution in [1.29, 1.82) is 0 Å². The number of hydrogen-bond acceptors (Lipinski definition) is 5. The van der Waals surface area contributed by atoms with Gasteiger partial charge in [0, 0.05) is 17.9 Å². The Hall–Kier alpha value is -4.52. The lowest BCUT2D eigenvalue weighted by Gasteiger charge is -2.21. The van der Waals surface area contributed by atoms with E-state index >= 15 is 0 Å². The van der Waals surface area contributed by atoms with Crippen LogP contribution in [0.3, 0.4) is 0 Å². The number of benzene rings is 3. The summed E-state index contributed by atoms with van der Waals surface area (Å²) in [4.78, 5) is 43.1. The van der Waals surface area contributed by atoms with Crippen LogP contribution in [0.2, 0.25) is 0 Å². The molecule has 0 unspecified atom stereocenters. The zero-order chi connectivity index (χ0) is 30.3. The van der Waals surface area contributed by atoms with Crippen LogP contribution >= 0.6 is 11.8 Å². The first kappa shape index (κ1) is 30.4. The minimum Gasteiger partial charge on any atom is -0.406 e. The number of amidine groups is 1. The maximum Gasteiger partial charge on any atom is 0.573 e. The Morgan fingerprint density at radius 3 is 2.26 bits per heavy atom. The number of nitrogens with one attached hydrogen (secondary N) is 3. The molecule has 0 radical (unpaired) electrons. The largest absolute Gasteiger partial charge is 0.573 e. The van der Waals surface area contributed by atoms with Gasteiger partial charge >= 0.3 is 18.4 Å². The average molecular weight is 600 g/mol. The van der Waals surface area contributed by atoms with Crippen LogP contribution in [0.25, 0.3) is 0 Å². The van der Waals surface area contributed by atoms with Crippen molar-refractivity contribution in [1.82, 2.24) is 5.32 Å². The molecular formula is C29H28F3N5O4S. The van der Waals surface area contributed by atoms with Crippen LogP contribution in [0, 0.1) is 6.92 Å². The highest BCUT2D eigenvalue weighted by Crippen LogP contribution is 2.33. The first-order valence-electron chi connectivity index (χ1n) is 13.0. The van der Waals surface area contributed by atoms with Crippen molar-refractivity contribution in [3.63, 3.8) is 0 Å². The van der Waals surface area contributed by atoms with Gasteiger partial charge in [-0.05, 0) is 72.9 Å². The fourth-order valence-corrected chi connectivity index (χ4v) is 5.07. The number of halogens is 3. The number of urea groups is 2. The fourth-order valence-electron chi connectivity index (χ4n) is 4.22. The Labute approximate surface area is 244 Å². The molecule has 13 heteroatoms. The van der Waals surface area contributed by atoms with Crippen molar-refractivity contribution >= 4 is 52.0 Å². The lowest BCUT2D eigenvalue weighted by molar-refractivity contribution is -0.274. The highest BCUT2D eigenvalue weighted by molar-refractivity contribution is 8.15. The van der Waals surface area contributed by atoms with E-state index in [0.717, 1.165) is 40.9 Å². The second-order valence-electron chi connectivity index (χ2n) is 9.18. The predicted octanol–water partition coefficient (Wildman–Crippen LogP) is 6.49. The van der Waals surface area contributed by atoms with Gasteiger partial charge in [-0.25, -0.2) is 9.59 Å². The monoisotopic (exact) mass is 599 g/mol. The molecule has 1 heterocycles. The van der Waals surface area contributed by atoms with Crippen LogP contribution in [0.15, 0.2) is 71.7 Å². The molecule has 1 saturated heterocycles. The average Bonchev–Trinajstić information content (AvgIpc) is 3.28. The number of anilines is 3. The summed E-state index contributed by atoms with van der Waals surface area (Å²) in [5.41, 5.74) is 4.39. The molecule has 0 bridgehead atoms. The molecule has 3 N–H and O–H groups in total. The molecule has 1 aliphatic heterocycles. The van der Waals surface area contributed by atoms with E-state index in [0.29, 0.717) is 23.8 Å². The number of ether oxygens (including phenoxy) is 1. The van der Waals surface area contributed by atoms with E-state index < -0.39 is 24.2 Å². The quantitative estimate of drug-likeness (QED) is 0.274. The molecule has 0 atom stereocenters. The molecule has 0 spiro atoms. The Morgan fingerprint density at radius 2 is 1.64 bits per heavy atom. The molecule has 0 saturated carbocycles. The van der Waals surface area contributed by atoms with Gasteiger partial charge < -0.3 is 20.7 Å². The third kappa shape index (κ3) is 8.26. The van der Waals surface area contributed by atoms with Crippen molar-refractivity contribution in [2.45, 2.75) is 33.1 Å². The number of rotatable bonds is 8. The Balaban J connectivity index is 1.26. The van der Waals surface area contributed by atoms with Crippen LogP contribution in [-0.4, -0.2) is 41.8 Å². The van der Waals surface area contributed by atoms with Crippen molar-refractivity contribution in [2.24, 2.45) is 4.99 Å². The van der Waals surface area contributed by atoms with Gasteiger partial charge in [0.1, 0.15) is 5.75 Å². The Morgan fingerprint density at radius 1 is 1.00 bits per heavy atom. The molecule has 42 heavy (non-hydrogen) atoms. The summed E-state index contributed by atoms with van der Waals surface area (Å²) in [6, 6.07) is 16.4. The summed E-state index contributed by atoms with van der Waals surface area (Å²) in [6.07, 6.45) is -3.55. The Bertz CT molecular complexity index is 1480. The minimum atomic E-state index is -4.79. The number of aliphatic imine (C=N–C) groups is 1. The molecule has 4 rings (SSSR count). The summed E-state index contributed by atoms with van der Waals surface area (Å²) in [7, 11) is 0. The third-order valence-electron chi connectivity index (χ3n) is 6.14. The van der Waals surface area contributed by atoms with Gasteiger partial charge in [-0.3, -0.25) is 9.69 Å².